The van der Waals surface area contributed by atoms with Crippen LogP contribution in [0.4, 0.5) is 0 Å². The van der Waals surface area contributed by atoms with E-state index in [9.17, 15) is 9.90 Å². The van der Waals surface area contributed by atoms with Crippen molar-refractivity contribution in [2.24, 2.45) is 5.92 Å². The van der Waals surface area contributed by atoms with Crippen LogP contribution in [0.15, 0.2) is 24.3 Å². The molecule has 1 aromatic rings. The van der Waals surface area contributed by atoms with E-state index in [0.29, 0.717) is 11.6 Å². The number of piperidine rings is 1. The smallest absolute Gasteiger partial charge is 0.310 e. The molecule has 2 N–H and O–H groups in total. The molecule has 20 heavy (non-hydrogen) atoms. The van der Waals surface area contributed by atoms with Gasteiger partial charge >= 0.3 is 5.97 Å². The van der Waals surface area contributed by atoms with Gasteiger partial charge in [0.05, 0.1) is 18.1 Å². The molecule has 3 rings (SSSR count). The van der Waals surface area contributed by atoms with Gasteiger partial charge in [-0.1, -0.05) is 23.7 Å². The minimum Gasteiger partial charge on any atom is -0.481 e. The third kappa shape index (κ3) is 2.32. The van der Waals surface area contributed by atoms with Gasteiger partial charge in [-0.25, -0.2) is 0 Å². The van der Waals surface area contributed by atoms with Crippen LogP contribution in [-0.2, 0) is 9.53 Å². The van der Waals surface area contributed by atoms with Crippen LogP contribution < -0.4 is 5.32 Å². The molecule has 4 nitrogen and oxygen atoms in total. The van der Waals surface area contributed by atoms with Crippen molar-refractivity contribution in [1.82, 2.24) is 5.32 Å². The Hall–Kier alpha value is -1.10. The van der Waals surface area contributed by atoms with Crippen LogP contribution in [0.25, 0.3) is 0 Å². The summed E-state index contributed by atoms with van der Waals surface area (Å²) in [5, 5.41) is 13.6. The first-order valence-corrected chi connectivity index (χ1v) is 7.33. The highest BCUT2D eigenvalue weighted by atomic mass is 35.5. The van der Waals surface area contributed by atoms with Gasteiger partial charge in [-0.3, -0.25) is 4.79 Å². The van der Waals surface area contributed by atoms with Crippen molar-refractivity contribution in [3.8, 4) is 0 Å². The minimum absolute atomic E-state index is 0.121. The van der Waals surface area contributed by atoms with Crippen molar-refractivity contribution in [2.75, 3.05) is 19.7 Å². The van der Waals surface area contributed by atoms with Crippen LogP contribution in [0.1, 0.15) is 24.3 Å². The number of ether oxygens (including phenoxy) is 1. The largest absolute Gasteiger partial charge is 0.481 e. The molecule has 0 aliphatic carbocycles. The van der Waals surface area contributed by atoms with Crippen LogP contribution in [0.3, 0.4) is 0 Å². The minimum atomic E-state index is -0.769. The summed E-state index contributed by atoms with van der Waals surface area (Å²) in [7, 11) is 0. The second-order valence-electron chi connectivity index (χ2n) is 5.60. The lowest BCUT2D eigenvalue weighted by molar-refractivity contribution is -0.150. The second-order valence-corrected chi connectivity index (χ2v) is 6.04. The molecule has 0 radical (unpaired) electrons. The SMILES string of the molecule is O=C(O)C1C(c2cccc(Cl)c2)COC12CCNCC2. The highest BCUT2D eigenvalue weighted by Gasteiger charge is 2.54. The number of benzene rings is 1. The lowest BCUT2D eigenvalue weighted by atomic mass is 9.74. The number of carboxylic acids is 1. The van der Waals surface area contributed by atoms with Crippen LogP contribution >= 0.6 is 11.6 Å². The topological polar surface area (TPSA) is 58.6 Å². The number of carbonyl (C=O) groups is 1. The zero-order valence-electron chi connectivity index (χ0n) is 11.1. The van der Waals surface area contributed by atoms with E-state index in [0.717, 1.165) is 31.5 Å². The van der Waals surface area contributed by atoms with Gasteiger partial charge in [-0.2, -0.15) is 0 Å². The molecule has 2 fully saturated rings. The summed E-state index contributed by atoms with van der Waals surface area (Å²) in [6.45, 7) is 2.08. The maximum absolute atomic E-state index is 11.8. The fourth-order valence-electron chi connectivity index (χ4n) is 3.54. The number of rotatable bonds is 2. The van der Waals surface area contributed by atoms with Crippen molar-refractivity contribution in [3.63, 3.8) is 0 Å². The average Bonchev–Trinajstić information content (AvgIpc) is 2.79. The molecule has 0 aromatic heterocycles. The number of halogens is 1. The van der Waals surface area contributed by atoms with E-state index in [2.05, 4.69) is 5.32 Å². The summed E-state index contributed by atoms with van der Waals surface area (Å²) in [6, 6.07) is 7.46. The number of hydrogen-bond donors (Lipinski definition) is 2. The monoisotopic (exact) mass is 295 g/mol. The predicted octanol–water partition coefficient (Wildman–Crippen LogP) is 2.28. The summed E-state index contributed by atoms with van der Waals surface area (Å²) in [5.41, 5.74) is 0.435. The summed E-state index contributed by atoms with van der Waals surface area (Å²) in [6.07, 6.45) is 1.50. The molecule has 5 heteroatoms. The molecule has 2 aliphatic rings. The highest BCUT2D eigenvalue weighted by Crippen LogP contribution is 2.47. The van der Waals surface area contributed by atoms with Crippen molar-refractivity contribution < 1.29 is 14.6 Å². The van der Waals surface area contributed by atoms with Crippen molar-refractivity contribution >= 4 is 17.6 Å². The van der Waals surface area contributed by atoms with Crippen LogP contribution in [0, 0.1) is 5.92 Å². The Bertz CT molecular complexity index is 514. The second kappa shape index (κ2) is 5.35. The molecule has 2 unspecified atom stereocenters. The first kappa shape index (κ1) is 13.9. The molecule has 1 spiro atoms. The molecule has 2 atom stereocenters. The van der Waals surface area contributed by atoms with E-state index >= 15 is 0 Å². The van der Waals surface area contributed by atoms with E-state index in [4.69, 9.17) is 16.3 Å². The lowest BCUT2D eigenvalue weighted by Gasteiger charge is -2.37. The zero-order valence-corrected chi connectivity index (χ0v) is 11.9. The van der Waals surface area contributed by atoms with Crippen molar-refractivity contribution in [2.45, 2.75) is 24.4 Å². The Balaban J connectivity index is 1.94. The van der Waals surface area contributed by atoms with Crippen LogP contribution in [0.5, 0.6) is 0 Å². The molecule has 0 bridgehead atoms. The Labute approximate surface area is 123 Å². The first-order valence-electron chi connectivity index (χ1n) is 6.95. The maximum atomic E-state index is 11.8. The Morgan fingerprint density at radius 2 is 2.15 bits per heavy atom. The first-order chi connectivity index (χ1) is 9.62. The lowest BCUT2D eigenvalue weighted by Crippen LogP contribution is -2.49. The van der Waals surface area contributed by atoms with Crippen LogP contribution in [-0.4, -0.2) is 36.4 Å². The number of hydrogen-bond acceptors (Lipinski definition) is 3. The molecule has 2 saturated heterocycles. The Morgan fingerprint density at radius 3 is 2.80 bits per heavy atom. The third-order valence-electron chi connectivity index (χ3n) is 4.51. The number of nitrogens with one attached hydrogen (secondary N) is 1. The molecule has 0 saturated carbocycles. The average molecular weight is 296 g/mol. The van der Waals surface area contributed by atoms with E-state index in [1.54, 1.807) is 6.07 Å². The van der Waals surface area contributed by atoms with E-state index in [1.165, 1.54) is 0 Å². The predicted molar refractivity (Wildman–Crippen MR) is 76.1 cm³/mol. The highest BCUT2D eigenvalue weighted by molar-refractivity contribution is 6.30. The van der Waals surface area contributed by atoms with E-state index in [-0.39, 0.29) is 5.92 Å². The van der Waals surface area contributed by atoms with E-state index < -0.39 is 17.5 Å². The Kier molecular flexibility index (Phi) is 3.71. The van der Waals surface area contributed by atoms with Gasteiger partial charge in [0.15, 0.2) is 0 Å². The fourth-order valence-corrected chi connectivity index (χ4v) is 3.74. The molecular formula is C15H18ClNO3. The van der Waals surface area contributed by atoms with Crippen LogP contribution in [0.2, 0.25) is 5.02 Å². The van der Waals surface area contributed by atoms with Gasteiger partial charge in [-0.15, -0.1) is 0 Å². The zero-order chi connectivity index (χ0) is 14.2. The fraction of sp³-hybridized carbons (Fsp3) is 0.533. The molecule has 2 aliphatic heterocycles. The van der Waals surface area contributed by atoms with Crippen molar-refractivity contribution in [3.05, 3.63) is 34.9 Å². The number of aliphatic carboxylic acids is 1. The Morgan fingerprint density at radius 1 is 1.40 bits per heavy atom. The van der Waals surface area contributed by atoms with Gasteiger partial charge < -0.3 is 15.2 Å². The number of carboxylic acid groups (broad SMARTS) is 1. The standard InChI is InChI=1S/C15H18ClNO3/c16-11-3-1-2-10(8-11)12-9-20-15(13(12)14(18)19)4-6-17-7-5-15/h1-3,8,12-13,17H,4-7,9H2,(H,18,19). The molecular weight excluding hydrogens is 278 g/mol. The van der Waals surface area contributed by atoms with Gasteiger partial charge in [0.25, 0.3) is 0 Å². The molecule has 108 valence electrons. The summed E-state index contributed by atoms with van der Waals surface area (Å²) in [5.74, 6) is -1.39. The summed E-state index contributed by atoms with van der Waals surface area (Å²) in [4.78, 5) is 11.8. The van der Waals surface area contributed by atoms with Gasteiger partial charge in [-0.05, 0) is 43.6 Å². The maximum Gasteiger partial charge on any atom is 0.310 e. The summed E-state index contributed by atoms with van der Waals surface area (Å²) < 4.78 is 6.00. The normalized spacial score (nSPS) is 28.6. The van der Waals surface area contributed by atoms with E-state index in [1.807, 2.05) is 18.2 Å². The molecule has 2 heterocycles. The third-order valence-corrected chi connectivity index (χ3v) is 4.75. The molecule has 0 amide bonds. The van der Waals surface area contributed by atoms with Gasteiger partial charge in [0.2, 0.25) is 0 Å². The summed E-state index contributed by atoms with van der Waals surface area (Å²) >= 11 is 6.03. The molecule has 1 aromatic carbocycles. The van der Waals surface area contributed by atoms with Crippen molar-refractivity contribution in [1.29, 1.82) is 0 Å². The van der Waals surface area contributed by atoms with Gasteiger partial charge in [0, 0.05) is 10.9 Å². The van der Waals surface area contributed by atoms with Gasteiger partial charge in [0.1, 0.15) is 0 Å². The quantitative estimate of drug-likeness (QED) is 0.879.